The summed E-state index contributed by atoms with van der Waals surface area (Å²) in [5.74, 6) is 3.63. The molecule has 3 fully saturated rings. The molecule has 114 valence electrons. The topological polar surface area (TPSA) is 41.1 Å². The van der Waals surface area contributed by atoms with Crippen LogP contribution in [0.15, 0.2) is 0 Å². The fourth-order valence-electron chi connectivity index (χ4n) is 4.85. The summed E-state index contributed by atoms with van der Waals surface area (Å²) in [6.07, 6.45) is 9.98. The molecule has 0 radical (unpaired) electrons. The van der Waals surface area contributed by atoms with Gasteiger partial charge < -0.3 is 10.6 Å². The first kappa shape index (κ1) is 14.4. The summed E-state index contributed by atoms with van der Waals surface area (Å²) in [6.45, 7) is 4.49. The number of piperidine rings is 1. The molecule has 3 rings (SSSR count). The maximum absolute atomic E-state index is 12.1. The van der Waals surface area contributed by atoms with Gasteiger partial charge in [0.1, 0.15) is 0 Å². The molecule has 2 N–H and O–H groups in total. The van der Waals surface area contributed by atoms with Crippen LogP contribution in [-0.4, -0.2) is 25.0 Å². The lowest BCUT2D eigenvalue weighted by molar-refractivity contribution is -0.122. The second-order valence-electron chi connectivity index (χ2n) is 7.45. The van der Waals surface area contributed by atoms with Crippen molar-refractivity contribution in [1.82, 2.24) is 10.6 Å². The minimum Gasteiger partial charge on any atom is -0.353 e. The lowest BCUT2D eigenvalue weighted by Gasteiger charge is -2.29. The Labute approximate surface area is 123 Å². The number of fused-ring (bicyclic) bond motifs is 2. The highest BCUT2D eigenvalue weighted by atomic mass is 16.1. The SMILES string of the molecule is CC(NC(=O)CCC1CCCNC1)C1CC2CCC1C2. The van der Waals surface area contributed by atoms with Gasteiger partial charge in [-0.1, -0.05) is 6.42 Å². The Morgan fingerprint density at radius 1 is 1.30 bits per heavy atom. The largest absolute Gasteiger partial charge is 0.353 e. The van der Waals surface area contributed by atoms with Crippen molar-refractivity contribution in [3.05, 3.63) is 0 Å². The first-order chi connectivity index (χ1) is 9.72. The minimum absolute atomic E-state index is 0.283. The number of carbonyl (C=O) groups is 1. The van der Waals surface area contributed by atoms with Crippen LogP contribution in [0.4, 0.5) is 0 Å². The van der Waals surface area contributed by atoms with Gasteiger partial charge in [-0.05, 0) is 82.2 Å². The third-order valence-corrected chi connectivity index (χ3v) is 6.00. The highest BCUT2D eigenvalue weighted by Gasteiger charge is 2.42. The Morgan fingerprint density at radius 2 is 2.20 bits per heavy atom. The van der Waals surface area contributed by atoms with Crippen LogP contribution >= 0.6 is 0 Å². The molecule has 2 aliphatic carbocycles. The van der Waals surface area contributed by atoms with E-state index in [1.165, 1.54) is 38.5 Å². The van der Waals surface area contributed by atoms with Gasteiger partial charge in [-0.15, -0.1) is 0 Å². The number of nitrogens with one attached hydrogen (secondary N) is 2. The molecule has 5 unspecified atom stereocenters. The van der Waals surface area contributed by atoms with Crippen LogP contribution in [0.3, 0.4) is 0 Å². The van der Waals surface area contributed by atoms with Gasteiger partial charge in [-0.25, -0.2) is 0 Å². The Balaban J connectivity index is 1.37. The molecule has 1 heterocycles. The van der Waals surface area contributed by atoms with E-state index in [9.17, 15) is 4.79 Å². The van der Waals surface area contributed by atoms with Crippen molar-refractivity contribution in [3.63, 3.8) is 0 Å². The van der Waals surface area contributed by atoms with Crippen molar-refractivity contribution in [2.24, 2.45) is 23.7 Å². The maximum atomic E-state index is 12.1. The highest BCUT2D eigenvalue weighted by molar-refractivity contribution is 5.76. The molecular formula is C17H30N2O. The van der Waals surface area contributed by atoms with E-state index in [-0.39, 0.29) is 5.91 Å². The van der Waals surface area contributed by atoms with Crippen LogP contribution in [0.5, 0.6) is 0 Å². The van der Waals surface area contributed by atoms with E-state index < -0.39 is 0 Å². The predicted octanol–water partition coefficient (Wildman–Crippen LogP) is 2.71. The monoisotopic (exact) mass is 278 g/mol. The molecule has 2 bridgehead atoms. The van der Waals surface area contributed by atoms with Gasteiger partial charge in [0.25, 0.3) is 0 Å². The number of rotatable bonds is 5. The van der Waals surface area contributed by atoms with Gasteiger partial charge >= 0.3 is 0 Å². The summed E-state index contributed by atoms with van der Waals surface area (Å²) < 4.78 is 0. The molecule has 20 heavy (non-hydrogen) atoms. The number of hydrogen-bond donors (Lipinski definition) is 2. The van der Waals surface area contributed by atoms with Crippen LogP contribution in [-0.2, 0) is 4.79 Å². The van der Waals surface area contributed by atoms with E-state index in [0.717, 1.165) is 43.7 Å². The standard InChI is InChI=1S/C17H30N2O/c1-12(16-10-14-4-6-15(16)9-14)19-17(20)7-5-13-3-2-8-18-11-13/h12-16,18H,2-11H2,1H3,(H,19,20). The Bertz CT molecular complexity index is 338. The molecule has 5 atom stereocenters. The van der Waals surface area contributed by atoms with Crippen molar-refractivity contribution in [1.29, 1.82) is 0 Å². The highest BCUT2D eigenvalue weighted by Crippen LogP contribution is 2.49. The second-order valence-corrected chi connectivity index (χ2v) is 7.45. The van der Waals surface area contributed by atoms with Gasteiger partial charge in [-0.2, -0.15) is 0 Å². The third kappa shape index (κ3) is 3.36. The summed E-state index contributed by atoms with van der Waals surface area (Å²) in [6, 6.07) is 0.391. The van der Waals surface area contributed by atoms with E-state index in [2.05, 4.69) is 17.6 Å². The molecule has 0 aromatic carbocycles. The molecule has 3 nitrogen and oxygen atoms in total. The van der Waals surface area contributed by atoms with Gasteiger partial charge in [-0.3, -0.25) is 4.79 Å². The maximum Gasteiger partial charge on any atom is 0.220 e. The zero-order chi connectivity index (χ0) is 13.9. The average molecular weight is 278 g/mol. The van der Waals surface area contributed by atoms with Crippen molar-refractivity contribution < 1.29 is 4.79 Å². The molecule has 1 amide bonds. The predicted molar refractivity (Wildman–Crippen MR) is 81.4 cm³/mol. The van der Waals surface area contributed by atoms with Crippen molar-refractivity contribution in [2.75, 3.05) is 13.1 Å². The minimum atomic E-state index is 0.283. The Morgan fingerprint density at radius 3 is 2.85 bits per heavy atom. The summed E-state index contributed by atoms with van der Waals surface area (Å²) >= 11 is 0. The zero-order valence-electron chi connectivity index (χ0n) is 12.9. The fourth-order valence-corrected chi connectivity index (χ4v) is 4.85. The van der Waals surface area contributed by atoms with E-state index in [4.69, 9.17) is 0 Å². The molecule has 0 spiro atoms. The van der Waals surface area contributed by atoms with Crippen molar-refractivity contribution in [2.45, 2.75) is 64.3 Å². The Kier molecular flexibility index (Phi) is 4.65. The van der Waals surface area contributed by atoms with Gasteiger partial charge in [0.05, 0.1) is 0 Å². The quantitative estimate of drug-likeness (QED) is 0.812. The molecule has 2 saturated carbocycles. The molecule has 1 saturated heterocycles. The van der Waals surface area contributed by atoms with Crippen molar-refractivity contribution >= 4 is 5.91 Å². The number of carbonyl (C=O) groups excluding carboxylic acids is 1. The van der Waals surface area contributed by atoms with Crippen LogP contribution < -0.4 is 10.6 Å². The lowest BCUT2D eigenvalue weighted by atomic mass is 9.84. The van der Waals surface area contributed by atoms with Crippen molar-refractivity contribution in [3.8, 4) is 0 Å². The van der Waals surface area contributed by atoms with Gasteiger partial charge in [0.15, 0.2) is 0 Å². The summed E-state index contributed by atoms with van der Waals surface area (Å²) in [4.78, 5) is 12.1. The number of amides is 1. The summed E-state index contributed by atoms with van der Waals surface area (Å²) in [5, 5.41) is 6.72. The summed E-state index contributed by atoms with van der Waals surface area (Å²) in [5.41, 5.74) is 0. The van der Waals surface area contributed by atoms with E-state index >= 15 is 0 Å². The molecular weight excluding hydrogens is 248 g/mol. The lowest BCUT2D eigenvalue weighted by Crippen LogP contribution is -2.40. The first-order valence-electron chi connectivity index (χ1n) is 8.72. The first-order valence-corrected chi connectivity index (χ1v) is 8.72. The zero-order valence-corrected chi connectivity index (χ0v) is 12.9. The molecule has 0 aromatic heterocycles. The van der Waals surface area contributed by atoms with E-state index in [1.807, 2.05) is 0 Å². The summed E-state index contributed by atoms with van der Waals surface area (Å²) in [7, 11) is 0. The molecule has 3 heteroatoms. The molecule has 3 aliphatic rings. The van der Waals surface area contributed by atoms with Crippen LogP contribution in [0.25, 0.3) is 0 Å². The fraction of sp³-hybridized carbons (Fsp3) is 0.941. The van der Waals surface area contributed by atoms with Gasteiger partial charge in [0, 0.05) is 12.5 Å². The average Bonchev–Trinajstić information content (AvgIpc) is 3.09. The number of hydrogen-bond acceptors (Lipinski definition) is 2. The Hall–Kier alpha value is -0.570. The smallest absolute Gasteiger partial charge is 0.220 e. The van der Waals surface area contributed by atoms with E-state index in [0.29, 0.717) is 12.0 Å². The van der Waals surface area contributed by atoms with Crippen LogP contribution in [0.1, 0.15) is 58.3 Å². The second kappa shape index (κ2) is 6.46. The third-order valence-electron chi connectivity index (χ3n) is 6.00. The molecule has 1 aliphatic heterocycles. The van der Waals surface area contributed by atoms with E-state index in [1.54, 1.807) is 0 Å². The van der Waals surface area contributed by atoms with Crippen LogP contribution in [0, 0.1) is 23.7 Å². The van der Waals surface area contributed by atoms with Gasteiger partial charge in [0.2, 0.25) is 5.91 Å². The molecule has 0 aromatic rings. The van der Waals surface area contributed by atoms with Crippen LogP contribution in [0.2, 0.25) is 0 Å². The normalized spacial score (nSPS) is 37.9.